The quantitative estimate of drug-likeness (QED) is 0.0821. The zero-order valence-corrected chi connectivity index (χ0v) is 44.2. The van der Waals surface area contributed by atoms with Crippen molar-refractivity contribution in [2.45, 2.75) is 163 Å². The van der Waals surface area contributed by atoms with Crippen molar-refractivity contribution in [1.82, 2.24) is 35.6 Å². The van der Waals surface area contributed by atoms with Gasteiger partial charge in [0.1, 0.15) is 10.6 Å². The lowest BCUT2D eigenvalue weighted by atomic mass is 9.90. The molecule has 0 radical (unpaired) electrons. The summed E-state index contributed by atoms with van der Waals surface area (Å²) in [5.41, 5.74) is 0.582. The third-order valence-electron chi connectivity index (χ3n) is 12.2. The van der Waals surface area contributed by atoms with Crippen LogP contribution < -0.4 is 16.0 Å². The number of carbonyl (C=O) groups is 5. The van der Waals surface area contributed by atoms with Gasteiger partial charge in [-0.3, -0.25) is 24.1 Å². The van der Waals surface area contributed by atoms with Crippen LogP contribution in [-0.2, 0) is 38.1 Å². The zero-order chi connectivity index (χ0) is 50.3. The average Bonchev–Trinajstić information content (AvgIpc) is 4.00. The van der Waals surface area contributed by atoms with Crippen LogP contribution in [0.4, 0.5) is 4.79 Å². The monoisotopic (exact) mass is 962 g/mol. The fraction of sp³-hybridized carbons (Fsp3) is 0.760. The molecule has 0 spiro atoms. The average molecular weight is 962 g/mol. The number of carbonyl (C=O) groups excluding carboxylic acids is 5. The van der Waals surface area contributed by atoms with Gasteiger partial charge < -0.3 is 44.7 Å². The number of thiazole rings is 1. The van der Waals surface area contributed by atoms with Crippen LogP contribution in [0.2, 0.25) is 0 Å². The molecule has 5 amide bonds. The summed E-state index contributed by atoms with van der Waals surface area (Å²) in [6, 6.07) is -1.60. The highest BCUT2D eigenvalue weighted by atomic mass is 32.1. The van der Waals surface area contributed by atoms with Gasteiger partial charge in [-0.2, -0.15) is 0 Å². The standard InChI is InChI=1S/C47H79N7O9S.C3H8/c1-13-32(4)41(53(10)39(56)30-50-44(58)40(31(2)3)52(9)24-26-62-25-21-49-46(59)63-47(6,7)8)37(60-11)29-38(55)54-23-17-20-36(54)42(61-12)33(5)43(57)51-35(45-48-22-27-64-45)28-34-18-15-14-16-19-34;1-3-2/h15,18-19,22,27,31-33,35-37,40-42H,13-14,16-17,20-21,23-26,28-30H2,1-12H3,(H,49,59)(H,50,58)(H,51,57);3H2,1-2H3. The maximum absolute atomic E-state index is 14.3. The summed E-state index contributed by atoms with van der Waals surface area (Å²) in [7, 11) is 6.68. The van der Waals surface area contributed by atoms with E-state index >= 15 is 0 Å². The fourth-order valence-electron chi connectivity index (χ4n) is 8.68. The predicted octanol–water partition coefficient (Wildman–Crippen LogP) is 6.92. The normalized spacial score (nSPS) is 18.1. The number of alkyl carbamates (subject to hydrolysis) is 1. The van der Waals surface area contributed by atoms with Gasteiger partial charge in [0.15, 0.2) is 0 Å². The van der Waals surface area contributed by atoms with Crippen molar-refractivity contribution in [2.24, 2.45) is 17.8 Å². The third kappa shape index (κ3) is 19.9. The maximum Gasteiger partial charge on any atom is 0.407 e. The molecule has 2 heterocycles. The number of likely N-dealkylation sites (N-methyl/N-ethyl adjacent to an activating group) is 2. The summed E-state index contributed by atoms with van der Waals surface area (Å²) in [6.45, 7) is 21.1. The second-order valence-corrected chi connectivity index (χ2v) is 20.1. The number of hydrogen-bond donors (Lipinski definition) is 3. The van der Waals surface area contributed by atoms with Gasteiger partial charge in [0.2, 0.25) is 23.6 Å². The largest absolute Gasteiger partial charge is 0.444 e. The molecule has 2 aliphatic rings. The molecule has 16 nitrogen and oxygen atoms in total. The van der Waals surface area contributed by atoms with Crippen molar-refractivity contribution in [3.63, 3.8) is 0 Å². The van der Waals surface area contributed by atoms with E-state index in [9.17, 15) is 24.0 Å². The number of aromatic nitrogens is 1. The Kier molecular flexibility index (Phi) is 27.0. The summed E-state index contributed by atoms with van der Waals surface area (Å²) < 4.78 is 23.0. The second kappa shape index (κ2) is 30.6. The van der Waals surface area contributed by atoms with Crippen LogP contribution in [0.3, 0.4) is 0 Å². The van der Waals surface area contributed by atoms with Gasteiger partial charge in [0.05, 0.1) is 68.5 Å². The minimum atomic E-state index is -0.633. The number of nitrogens with zero attached hydrogens (tertiary/aromatic N) is 4. The molecule has 1 saturated heterocycles. The molecule has 0 bridgehead atoms. The van der Waals surface area contributed by atoms with Crippen LogP contribution in [0.15, 0.2) is 35.4 Å². The van der Waals surface area contributed by atoms with Crippen molar-refractivity contribution < 1.29 is 42.9 Å². The highest BCUT2D eigenvalue weighted by Crippen LogP contribution is 2.31. The van der Waals surface area contributed by atoms with Gasteiger partial charge in [-0.05, 0) is 77.3 Å². The molecule has 1 aromatic heterocycles. The van der Waals surface area contributed by atoms with Gasteiger partial charge in [0, 0.05) is 52.5 Å². The molecule has 67 heavy (non-hydrogen) atoms. The lowest BCUT2D eigenvalue weighted by Gasteiger charge is -2.39. The molecule has 17 heteroatoms. The van der Waals surface area contributed by atoms with E-state index in [0.717, 1.165) is 30.7 Å². The van der Waals surface area contributed by atoms with Crippen LogP contribution in [0.1, 0.15) is 132 Å². The van der Waals surface area contributed by atoms with Gasteiger partial charge >= 0.3 is 6.09 Å². The highest BCUT2D eigenvalue weighted by Gasteiger charge is 2.42. The summed E-state index contributed by atoms with van der Waals surface area (Å²) in [5, 5.41) is 11.5. The minimum absolute atomic E-state index is 0.0249. The minimum Gasteiger partial charge on any atom is -0.444 e. The molecule has 382 valence electrons. The summed E-state index contributed by atoms with van der Waals surface area (Å²) >= 11 is 1.51. The first-order chi connectivity index (χ1) is 31.7. The Labute approximate surface area is 406 Å². The van der Waals surface area contributed by atoms with Gasteiger partial charge in [-0.1, -0.05) is 79.5 Å². The molecule has 8 atom stereocenters. The Morgan fingerprint density at radius 3 is 2.24 bits per heavy atom. The van der Waals surface area contributed by atoms with Crippen molar-refractivity contribution in [2.75, 3.05) is 67.7 Å². The molecule has 1 aliphatic heterocycles. The predicted molar refractivity (Wildman–Crippen MR) is 265 cm³/mol. The molecule has 1 fully saturated rings. The Bertz CT molecular complexity index is 1700. The van der Waals surface area contributed by atoms with E-state index in [2.05, 4.69) is 53.0 Å². The fourth-order valence-corrected chi connectivity index (χ4v) is 9.37. The van der Waals surface area contributed by atoms with Crippen LogP contribution in [-0.4, -0.2) is 153 Å². The number of hydrogen-bond acceptors (Lipinski definition) is 12. The van der Waals surface area contributed by atoms with Crippen molar-refractivity contribution in [1.29, 1.82) is 0 Å². The van der Waals surface area contributed by atoms with E-state index < -0.39 is 41.9 Å². The van der Waals surface area contributed by atoms with E-state index in [1.807, 2.05) is 56.8 Å². The second-order valence-electron chi connectivity index (χ2n) is 19.2. The summed E-state index contributed by atoms with van der Waals surface area (Å²) in [6.07, 6.45) is 12.6. The highest BCUT2D eigenvalue weighted by molar-refractivity contribution is 7.09. The van der Waals surface area contributed by atoms with Crippen molar-refractivity contribution >= 4 is 41.1 Å². The van der Waals surface area contributed by atoms with Crippen LogP contribution in [0, 0.1) is 17.8 Å². The Morgan fingerprint density at radius 2 is 1.67 bits per heavy atom. The van der Waals surface area contributed by atoms with Gasteiger partial charge in [-0.15, -0.1) is 11.3 Å². The molecule has 1 aromatic rings. The molecular weight excluding hydrogens is 875 g/mol. The van der Waals surface area contributed by atoms with Crippen LogP contribution in [0.25, 0.3) is 0 Å². The Morgan fingerprint density at radius 1 is 0.970 bits per heavy atom. The Balaban J connectivity index is 0.00000499. The number of amides is 5. The molecule has 0 saturated carbocycles. The summed E-state index contributed by atoms with van der Waals surface area (Å²) in [4.78, 5) is 77.4. The number of likely N-dealkylation sites (tertiary alicyclic amines) is 1. The van der Waals surface area contributed by atoms with Crippen molar-refractivity contribution in [3.8, 4) is 0 Å². The van der Waals surface area contributed by atoms with E-state index in [1.54, 1.807) is 53.1 Å². The topological polar surface area (TPSA) is 181 Å². The molecular formula is C50H87N7O9S. The number of methoxy groups -OCH3 is 2. The van der Waals surface area contributed by atoms with E-state index in [1.165, 1.54) is 23.3 Å². The number of ether oxygens (including phenoxy) is 4. The first-order valence-corrected chi connectivity index (χ1v) is 25.3. The molecule has 1 aliphatic carbocycles. The van der Waals surface area contributed by atoms with Crippen molar-refractivity contribution in [3.05, 3.63) is 40.4 Å². The molecule has 3 rings (SSSR count). The van der Waals surface area contributed by atoms with Crippen LogP contribution in [0.5, 0.6) is 0 Å². The van der Waals surface area contributed by atoms with Gasteiger partial charge in [0.25, 0.3) is 0 Å². The maximum atomic E-state index is 14.3. The SMILES string of the molecule is CCC.CCC(C)C(C(CC(=O)N1CCCC1C(OC)C(C)C(=O)NC(CC1=CCCC=C1)c1nccs1)OC)N(C)C(=O)CNC(=O)C(C(C)C)N(C)CCOCCNC(=O)OC(C)(C)C. The third-order valence-corrected chi connectivity index (χ3v) is 13.1. The van der Waals surface area contributed by atoms with Crippen LogP contribution >= 0.6 is 11.3 Å². The molecule has 0 aromatic carbocycles. The zero-order valence-electron chi connectivity index (χ0n) is 43.4. The number of allylic oxidation sites excluding steroid dienone is 3. The smallest absolute Gasteiger partial charge is 0.407 e. The molecule has 3 N–H and O–H groups in total. The van der Waals surface area contributed by atoms with Gasteiger partial charge in [-0.25, -0.2) is 9.78 Å². The number of rotatable bonds is 26. The molecule has 8 unspecified atom stereocenters. The number of nitrogens with one attached hydrogen (secondary N) is 3. The summed E-state index contributed by atoms with van der Waals surface area (Å²) in [5.74, 6) is -1.53. The van der Waals surface area contributed by atoms with E-state index in [-0.39, 0.29) is 73.7 Å². The van der Waals surface area contributed by atoms with E-state index in [4.69, 9.17) is 18.9 Å². The lowest BCUT2D eigenvalue weighted by Crippen LogP contribution is -2.55. The lowest BCUT2D eigenvalue weighted by molar-refractivity contribution is -0.146. The Hall–Kier alpha value is -3.90. The van der Waals surface area contributed by atoms with E-state index in [0.29, 0.717) is 32.5 Å². The first-order valence-electron chi connectivity index (χ1n) is 24.4. The first kappa shape index (κ1) is 59.2.